The zero-order valence-corrected chi connectivity index (χ0v) is 12.2. The molecule has 0 unspecified atom stereocenters. The van der Waals surface area contributed by atoms with Crippen molar-refractivity contribution < 1.29 is 19.4 Å². The maximum absolute atomic E-state index is 12.4. The van der Waals surface area contributed by atoms with Crippen LogP contribution in [0.2, 0.25) is 0 Å². The van der Waals surface area contributed by atoms with Gasteiger partial charge in [-0.2, -0.15) is 0 Å². The van der Waals surface area contributed by atoms with E-state index >= 15 is 0 Å². The second-order valence-corrected chi connectivity index (χ2v) is 5.64. The minimum Gasteiger partial charge on any atom is -0.429 e. The zero-order valence-electron chi connectivity index (χ0n) is 10.6. The monoisotopic (exact) mass is 327 g/mol. The normalized spacial score (nSPS) is 16.4. The number of amides is 1. The molecule has 1 aliphatic heterocycles. The summed E-state index contributed by atoms with van der Waals surface area (Å²) in [6.07, 6.45) is 0. The van der Waals surface area contributed by atoms with Crippen molar-refractivity contribution in [3.8, 4) is 5.75 Å². The van der Waals surface area contributed by atoms with E-state index in [2.05, 4.69) is 15.9 Å². The van der Waals surface area contributed by atoms with Crippen molar-refractivity contribution in [2.24, 2.45) is 0 Å². The van der Waals surface area contributed by atoms with Crippen LogP contribution in [0.5, 0.6) is 5.75 Å². The van der Waals surface area contributed by atoms with Crippen LogP contribution in [0.3, 0.4) is 0 Å². The summed E-state index contributed by atoms with van der Waals surface area (Å²) in [5, 5.41) is 9.09. The molecule has 6 heteroatoms. The highest BCUT2D eigenvalue weighted by molar-refractivity contribution is 9.10. The van der Waals surface area contributed by atoms with Gasteiger partial charge in [-0.25, -0.2) is 0 Å². The quantitative estimate of drug-likeness (QED) is 0.854. The third-order valence-corrected chi connectivity index (χ3v) is 3.96. The van der Waals surface area contributed by atoms with Gasteiger partial charge in [0.15, 0.2) is 0 Å². The fourth-order valence-electron chi connectivity index (χ4n) is 2.51. The topological polar surface area (TPSA) is 66.8 Å². The van der Waals surface area contributed by atoms with Crippen molar-refractivity contribution in [3.05, 3.63) is 27.7 Å². The first-order chi connectivity index (χ1) is 8.93. The number of nitrogens with zero attached hydrogens (tertiary/aromatic N) is 1. The molecule has 0 aromatic heterocycles. The second-order valence-electron chi connectivity index (χ2n) is 4.78. The Morgan fingerprint density at radius 3 is 2.74 bits per heavy atom. The van der Waals surface area contributed by atoms with Crippen molar-refractivity contribution in [3.63, 3.8) is 0 Å². The number of aliphatic hydroxyl groups excluding tert-OH is 1. The molecule has 0 aliphatic carbocycles. The first-order valence-corrected chi connectivity index (χ1v) is 6.60. The number of halogens is 1. The number of aliphatic hydroxyl groups is 1. The van der Waals surface area contributed by atoms with Crippen molar-refractivity contribution in [2.75, 3.05) is 13.2 Å². The minimum absolute atomic E-state index is 0.0987. The second kappa shape index (κ2) is 4.94. The number of benzene rings is 1. The Bertz CT molecular complexity index is 542. The average Bonchev–Trinajstić information content (AvgIpc) is 2.51. The number of fused-ring (bicyclic) bond motifs is 1. The number of hydrogen-bond acceptors (Lipinski definition) is 4. The molecule has 0 bridgehead atoms. The van der Waals surface area contributed by atoms with E-state index in [1.165, 1.54) is 0 Å². The van der Waals surface area contributed by atoms with Crippen LogP contribution < -0.4 is 4.74 Å². The Morgan fingerprint density at radius 2 is 2.16 bits per heavy atom. The number of β-amino-alcohol motifs (C(OH)–C–C–N with tert-alkyl or cyclic N) is 1. The van der Waals surface area contributed by atoms with Crippen LogP contribution in [-0.2, 0) is 10.3 Å². The minimum atomic E-state index is -0.520. The molecule has 1 aliphatic rings. The van der Waals surface area contributed by atoms with Crippen molar-refractivity contribution in [2.45, 2.75) is 19.4 Å². The van der Waals surface area contributed by atoms with Gasteiger partial charge in [0.25, 0.3) is 12.4 Å². The van der Waals surface area contributed by atoms with E-state index in [1.54, 1.807) is 17.0 Å². The molecule has 1 heterocycles. The number of carbonyl (C=O) groups is 2. The highest BCUT2D eigenvalue weighted by Crippen LogP contribution is 2.44. The maximum atomic E-state index is 12.4. The molecule has 1 amide bonds. The summed E-state index contributed by atoms with van der Waals surface area (Å²) in [4.78, 5) is 24.4. The molecule has 1 N–H and O–H groups in total. The Morgan fingerprint density at radius 1 is 1.47 bits per heavy atom. The van der Waals surface area contributed by atoms with Gasteiger partial charge in [-0.05, 0) is 26.0 Å². The maximum Gasteiger partial charge on any atom is 0.298 e. The lowest BCUT2D eigenvalue weighted by molar-refractivity contribution is -0.120. The summed E-state index contributed by atoms with van der Waals surface area (Å²) in [7, 11) is 0. The highest BCUT2D eigenvalue weighted by atomic mass is 79.9. The fraction of sp³-hybridized carbons (Fsp3) is 0.385. The lowest BCUT2D eigenvalue weighted by Gasteiger charge is -2.32. The van der Waals surface area contributed by atoms with Crippen molar-refractivity contribution in [1.29, 1.82) is 0 Å². The largest absolute Gasteiger partial charge is 0.429 e. The predicted octanol–water partition coefficient (Wildman–Crippen LogP) is 1.67. The molecule has 1 aromatic rings. The van der Waals surface area contributed by atoms with Crippen LogP contribution in [0.15, 0.2) is 16.6 Å². The fourth-order valence-corrected chi connectivity index (χ4v) is 3.44. The van der Waals surface area contributed by atoms with Crippen LogP contribution in [0, 0.1) is 0 Å². The van der Waals surface area contributed by atoms with E-state index in [9.17, 15) is 9.59 Å². The lowest BCUT2D eigenvalue weighted by Crippen LogP contribution is -2.41. The summed E-state index contributed by atoms with van der Waals surface area (Å²) in [6.45, 7) is 4.31. The smallest absolute Gasteiger partial charge is 0.298 e. The predicted molar refractivity (Wildman–Crippen MR) is 72.0 cm³/mol. The van der Waals surface area contributed by atoms with Gasteiger partial charge in [0, 0.05) is 22.1 Å². The van der Waals surface area contributed by atoms with Crippen LogP contribution >= 0.6 is 15.9 Å². The summed E-state index contributed by atoms with van der Waals surface area (Å²) in [5.74, 6) is 0.140. The Labute approximate surface area is 119 Å². The van der Waals surface area contributed by atoms with Gasteiger partial charge >= 0.3 is 0 Å². The molecule has 0 fully saturated rings. The first-order valence-electron chi connectivity index (χ1n) is 5.80. The molecule has 19 heavy (non-hydrogen) atoms. The van der Waals surface area contributed by atoms with Gasteiger partial charge < -0.3 is 14.7 Å². The number of hydrogen-bond donors (Lipinski definition) is 1. The highest BCUT2D eigenvalue weighted by Gasteiger charge is 2.44. The van der Waals surface area contributed by atoms with Crippen LogP contribution in [0.4, 0.5) is 0 Å². The molecule has 1 aromatic carbocycles. The number of ether oxygens (including phenoxy) is 1. The van der Waals surface area contributed by atoms with E-state index < -0.39 is 5.54 Å². The van der Waals surface area contributed by atoms with E-state index in [-0.39, 0.29) is 19.1 Å². The molecule has 0 atom stereocenters. The Balaban J connectivity index is 2.57. The third kappa shape index (κ3) is 2.15. The SMILES string of the molecule is CC1(C)c2c(Br)cc(OC=O)cc2C(=O)N1CCO. The van der Waals surface area contributed by atoms with Crippen molar-refractivity contribution >= 4 is 28.3 Å². The molecular formula is C13H14BrNO4. The van der Waals surface area contributed by atoms with E-state index in [0.29, 0.717) is 22.3 Å². The van der Waals surface area contributed by atoms with Gasteiger partial charge in [-0.15, -0.1) is 0 Å². The first kappa shape index (κ1) is 14.0. The molecular weight excluding hydrogens is 314 g/mol. The van der Waals surface area contributed by atoms with Gasteiger partial charge in [-0.3, -0.25) is 9.59 Å². The molecule has 2 rings (SSSR count). The van der Waals surface area contributed by atoms with E-state index in [0.717, 1.165) is 5.56 Å². The molecule has 102 valence electrons. The van der Waals surface area contributed by atoms with Crippen LogP contribution in [0.1, 0.15) is 29.8 Å². The number of carbonyl (C=O) groups excluding carboxylic acids is 2. The molecule has 0 saturated heterocycles. The van der Waals surface area contributed by atoms with Gasteiger partial charge in [0.1, 0.15) is 5.75 Å². The molecule has 0 saturated carbocycles. The molecule has 0 radical (unpaired) electrons. The van der Waals surface area contributed by atoms with Crippen LogP contribution in [-0.4, -0.2) is 35.5 Å². The summed E-state index contributed by atoms with van der Waals surface area (Å²) in [5.41, 5.74) is 0.808. The summed E-state index contributed by atoms with van der Waals surface area (Å²) in [6, 6.07) is 3.21. The molecule has 5 nitrogen and oxygen atoms in total. The third-order valence-electron chi connectivity index (χ3n) is 3.33. The Kier molecular flexibility index (Phi) is 3.64. The molecule has 0 spiro atoms. The Hall–Kier alpha value is -1.40. The standard InChI is InChI=1S/C13H14BrNO4/c1-13(2)11-9(12(18)15(13)3-4-16)5-8(19-7-17)6-10(11)14/h5-7,16H,3-4H2,1-2H3. The van der Waals surface area contributed by atoms with E-state index in [1.807, 2.05) is 13.8 Å². The van der Waals surface area contributed by atoms with Gasteiger partial charge in [0.2, 0.25) is 0 Å². The summed E-state index contributed by atoms with van der Waals surface area (Å²) >= 11 is 3.41. The van der Waals surface area contributed by atoms with Gasteiger partial charge in [0.05, 0.1) is 12.1 Å². The van der Waals surface area contributed by atoms with Crippen LogP contribution in [0.25, 0.3) is 0 Å². The average molecular weight is 328 g/mol. The van der Waals surface area contributed by atoms with Crippen molar-refractivity contribution in [1.82, 2.24) is 4.90 Å². The number of rotatable bonds is 4. The summed E-state index contributed by atoms with van der Waals surface area (Å²) < 4.78 is 5.50. The van der Waals surface area contributed by atoms with E-state index in [4.69, 9.17) is 9.84 Å². The zero-order chi connectivity index (χ0) is 14.2. The lowest BCUT2D eigenvalue weighted by atomic mass is 9.93. The van der Waals surface area contributed by atoms with Gasteiger partial charge in [-0.1, -0.05) is 15.9 Å².